The fraction of sp³-hybridized carbons (Fsp3) is 0.833. The maximum absolute atomic E-state index is 11.1. The van der Waals surface area contributed by atoms with Crippen molar-refractivity contribution in [2.24, 2.45) is 4.99 Å². The van der Waals surface area contributed by atoms with Crippen LogP contribution in [0.3, 0.4) is 0 Å². The molecule has 1 aliphatic rings. The lowest BCUT2D eigenvalue weighted by Crippen LogP contribution is -2.30. The van der Waals surface area contributed by atoms with Crippen LogP contribution in [0, 0.1) is 0 Å². The van der Waals surface area contributed by atoms with Crippen molar-refractivity contribution in [3.8, 4) is 0 Å². The lowest BCUT2D eigenvalue weighted by Gasteiger charge is -2.15. The molecule has 0 radical (unpaired) electrons. The number of hydrogen-bond acceptors (Lipinski definition) is 3. The van der Waals surface area contributed by atoms with Gasteiger partial charge in [0.25, 0.3) is 0 Å². The molecule has 0 aromatic heterocycles. The predicted octanol–water partition coefficient (Wildman–Crippen LogP) is 0.264. The van der Waals surface area contributed by atoms with Gasteiger partial charge in [-0.05, 0) is 6.42 Å². The maximum atomic E-state index is 11.1. The van der Waals surface area contributed by atoms with Crippen LogP contribution in [0.15, 0.2) is 4.99 Å². The molecular formula is C6H11NO2S. The summed E-state index contributed by atoms with van der Waals surface area (Å²) in [5, 5.41) is -0.225. The molecule has 0 saturated heterocycles. The Bertz CT molecular complexity index is 230. The molecule has 0 amide bonds. The molecule has 0 bridgehead atoms. The first kappa shape index (κ1) is 7.72. The monoisotopic (exact) mass is 161 g/mol. The fourth-order valence-corrected chi connectivity index (χ4v) is 2.39. The van der Waals surface area contributed by atoms with Gasteiger partial charge in [0.1, 0.15) is 0 Å². The zero-order valence-electron chi connectivity index (χ0n) is 5.95. The van der Waals surface area contributed by atoms with E-state index in [1.165, 1.54) is 6.21 Å². The van der Waals surface area contributed by atoms with Gasteiger partial charge in [-0.2, -0.15) is 0 Å². The zero-order valence-corrected chi connectivity index (χ0v) is 6.76. The summed E-state index contributed by atoms with van der Waals surface area (Å²) in [6, 6.07) is 0. The van der Waals surface area contributed by atoms with Gasteiger partial charge in [-0.1, -0.05) is 6.92 Å². The minimum Gasteiger partial charge on any atom is -0.295 e. The number of rotatable bonds is 1. The first-order valence-corrected chi connectivity index (χ1v) is 5.08. The molecular weight excluding hydrogens is 150 g/mol. The third kappa shape index (κ3) is 1.37. The van der Waals surface area contributed by atoms with Crippen LogP contribution >= 0.6 is 0 Å². The van der Waals surface area contributed by atoms with Crippen molar-refractivity contribution in [2.75, 3.05) is 12.3 Å². The van der Waals surface area contributed by atoms with E-state index in [4.69, 9.17) is 0 Å². The molecule has 1 heterocycles. The minimum absolute atomic E-state index is 0.130. The highest BCUT2D eigenvalue weighted by molar-refractivity contribution is 7.92. The highest BCUT2D eigenvalue weighted by atomic mass is 32.2. The minimum atomic E-state index is -2.82. The van der Waals surface area contributed by atoms with Gasteiger partial charge in [0, 0.05) is 6.21 Å². The summed E-state index contributed by atoms with van der Waals surface area (Å²) in [7, 11) is -2.82. The Morgan fingerprint density at radius 1 is 1.70 bits per heavy atom. The number of hydrogen-bond donors (Lipinski definition) is 0. The topological polar surface area (TPSA) is 46.5 Å². The van der Waals surface area contributed by atoms with Crippen LogP contribution in [0.1, 0.15) is 13.3 Å². The number of aliphatic imine (C=N–C) groups is 1. The zero-order chi connectivity index (χ0) is 7.61. The first-order valence-electron chi connectivity index (χ1n) is 3.36. The standard InChI is InChI=1S/C6H11NO2S/c1-2-6-5-7-3-4-10(6,8)9/h3,6H,2,4-5H2,1H3. The van der Waals surface area contributed by atoms with E-state index in [0.29, 0.717) is 13.0 Å². The van der Waals surface area contributed by atoms with Crippen molar-refractivity contribution in [1.82, 2.24) is 0 Å². The summed E-state index contributed by atoms with van der Waals surface area (Å²) in [5.74, 6) is 0.130. The average molecular weight is 161 g/mol. The van der Waals surface area contributed by atoms with Gasteiger partial charge in [-0.15, -0.1) is 0 Å². The Morgan fingerprint density at radius 3 is 2.80 bits per heavy atom. The molecule has 4 heteroatoms. The SMILES string of the molecule is CCC1CN=CCS1(=O)=O. The summed E-state index contributed by atoms with van der Waals surface area (Å²) in [5.41, 5.74) is 0. The molecule has 0 spiro atoms. The molecule has 1 unspecified atom stereocenters. The highest BCUT2D eigenvalue weighted by Crippen LogP contribution is 2.09. The second-order valence-corrected chi connectivity index (χ2v) is 4.73. The molecule has 0 aliphatic carbocycles. The summed E-state index contributed by atoms with van der Waals surface area (Å²) in [4.78, 5) is 3.92. The van der Waals surface area contributed by atoms with Gasteiger partial charge in [0.2, 0.25) is 0 Å². The average Bonchev–Trinajstić information content (AvgIpc) is 1.87. The van der Waals surface area contributed by atoms with Gasteiger partial charge in [0.05, 0.1) is 17.5 Å². The predicted molar refractivity (Wildman–Crippen MR) is 41.2 cm³/mol. The van der Waals surface area contributed by atoms with Crippen LogP contribution in [0.25, 0.3) is 0 Å². The van der Waals surface area contributed by atoms with Crippen molar-refractivity contribution >= 4 is 16.1 Å². The fourth-order valence-electron chi connectivity index (χ4n) is 0.981. The largest absolute Gasteiger partial charge is 0.295 e. The Balaban J connectivity index is 2.84. The van der Waals surface area contributed by atoms with E-state index in [1.54, 1.807) is 0 Å². The Kier molecular flexibility index (Phi) is 2.08. The van der Waals surface area contributed by atoms with E-state index in [0.717, 1.165) is 0 Å². The molecule has 3 nitrogen and oxygen atoms in total. The van der Waals surface area contributed by atoms with Crippen LogP contribution in [-0.4, -0.2) is 32.2 Å². The van der Waals surface area contributed by atoms with E-state index in [1.807, 2.05) is 6.92 Å². The molecule has 58 valence electrons. The van der Waals surface area contributed by atoms with E-state index in [2.05, 4.69) is 4.99 Å². The van der Waals surface area contributed by atoms with Crippen molar-refractivity contribution in [1.29, 1.82) is 0 Å². The van der Waals surface area contributed by atoms with Gasteiger partial charge in [-0.25, -0.2) is 8.42 Å². The van der Waals surface area contributed by atoms with Crippen molar-refractivity contribution < 1.29 is 8.42 Å². The van der Waals surface area contributed by atoms with Crippen LogP contribution in [0.5, 0.6) is 0 Å². The van der Waals surface area contributed by atoms with Crippen molar-refractivity contribution in [3.63, 3.8) is 0 Å². The van der Waals surface area contributed by atoms with Gasteiger partial charge in [0.15, 0.2) is 9.84 Å². The smallest absolute Gasteiger partial charge is 0.160 e. The number of sulfone groups is 1. The quantitative estimate of drug-likeness (QED) is 0.554. The first-order chi connectivity index (χ1) is 4.67. The number of nitrogens with zero attached hydrogens (tertiary/aromatic N) is 1. The second-order valence-electron chi connectivity index (χ2n) is 2.41. The maximum Gasteiger partial charge on any atom is 0.160 e. The van der Waals surface area contributed by atoms with Gasteiger partial charge >= 0.3 is 0 Å². The van der Waals surface area contributed by atoms with E-state index >= 15 is 0 Å². The Hall–Kier alpha value is -0.380. The van der Waals surface area contributed by atoms with E-state index in [-0.39, 0.29) is 11.0 Å². The molecule has 0 saturated carbocycles. The lowest BCUT2D eigenvalue weighted by molar-refractivity contribution is 0.578. The molecule has 0 aromatic rings. The molecule has 1 rings (SSSR count). The molecule has 0 fully saturated rings. The molecule has 0 N–H and O–H groups in total. The summed E-state index contributed by atoms with van der Waals surface area (Å²) in [6.07, 6.45) is 2.17. The second kappa shape index (κ2) is 2.70. The van der Waals surface area contributed by atoms with Gasteiger partial charge in [-0.3, -0.25) is 4.99 Å². The van der Waals surface area contributed by atoms with Gasteiger partial charge < -0.3 is 0 Å². The van der Waals surface area contributed by atoms with Crippen LogP contribution in [0.2, 0.25) is 0 Å². The summed E-state index contributed by atoms with van der Waals surface area (Å²) < 4.78 is 22.2. The van der Waals surface area contributed by atoms with Crippen LogP contribution < -0.4 is 0 Å². The van der Waals surface area contributed by atoms with Crippen LogP contribution in [0.4, 0.5) is 0 Å². The molecule has 0 aromatic carbocycles. The third-order valence-electron chi connectivity index (χ3n) is 1.71. The van der Waals surface area contributed by atoms with Crippen molar-refractivity contribution in [3.05, 3.63) is 0 Å². The summed E-state index contributed by atoms with van der Waals surface area (Å²) >= 11 is 0. The molecule has 1 aliphatic heterocycles. The van der Waals surface area contributed by atoms with E-state index in [9.17, 15) is 8.42 Å². The Labute approximate surface area is 61.1 Å². The van der Waals surface area contributed by atoms with E-state index < -0.39 is 9.84 Å². The summed E-state index contributed by atoms with van der Waals surface area (Å²) in [6.45, 7) is 2.34. The molecule has 1 atom stereocenters. The lowest BCUT2D eigenvalue weighted by atomic mass is 10.3. The Morgan fingerprint density at radius 2 is 2.40 bits per heavy atom. The normalized spacial score (nSPS) is 30.3. The third-order valence-corrected chi connectivity index (χ3v) is 3.82. The van der Waals surface area contributed by atoms with Crippen LogP contribution in [-0.2, 0) is 9.84 Å². The molecule has 10 heavy (non-hydrogen) atoms. The van der Waals surface area contributed by atoms with Crippen molar-refractivity contribution in [2.45, 2.75) is 18.6 Å². The highest BCUT2D eigenvalue weighted by Gasteiger charge is 2.24.